The summed E-state index contributed by atoms with van der Waals surface area (Å²) in [5.74, 6) is 1.88. The van der Waals surface area contributed by atoms with Crippen molar-refractivity contribution in [3.8, 4) is 51.0 Å². The fraction of sp³-hybridized carbons (Fsp3) is 0.0339. The first-order chi connectivity index (χ1) is 31.5. The predicted octanol–water partition coefficient (Wildman–Crippen LogP) is 11.6. The summed E-state index contributed by atoms with van der Waals surface area (Å²) in [6.45, 7) is 4.33. The van der Waals surface area contributed by atoms with Gasteiger partial charge in [-0.15, -0.1) is 0 Å². The van der Waals surface area contributed by atoms with Crippen molar-refractivity contribution in [1.29, 1.82) is 0 Å². The summed E-state index contributed by atoms with van der Waals surface area (Å²) < 4.78 is 2.41. The van der Waals surface area contributed by atoms with Gasteiger partial charge in [0.1, 0.15) is 0 Å². The number of fused-ring (bicyclic) bond motifs is 3. The highest BCUT2D eigenvalue weighted by atomic mass is 28.3. The summed E-state index contributed by atoms with van der Waals surface area (Å²) in [6.07, 6.45) is 0. The summed E-state index contributed by atoms with van der Waals surface area (Å²) in [5, 5.41) is 7.82. The minimum atomic E-state index is -2.70. The lowest BCUT2D eigenvalue weighted by molar-refractivity contribution is 1.06. The van der Waals surface area contributed by atoms with Gasteiger partial charge in [-0.3, -0.25) is 0 Å². The van der Waals surface area contributed by atoms with E-state index in [-0.39, 0.29) is 0 Å². The number of nitrogens with zero attached hydrogens (tertiary/aromatic N) is 4. The molecular weight excluding hydrogens is 793 g/mol. The average molecular weight is 837 g/mol. The van der Waals surface area contributed by atoms with Crippen LogP contribution in [-0.2, 0) is 0 Å². The average Bonchev–Trinajstić information content (AvgIpc) is 3.68. The maximum atomic E-state index is 5.25. The third-order valence-corrected chi connectivity index (χ3v) is 17.3. The number of hydrogen-bond donors (Lipinski definition) is 0. The fourth-order valence-corrected chi connectivity index (χ4v) is 14.2. The predicted molar refractivity (Wildman–Crippen MR) is 269 cm³/mol. The molecule has 0 atom stereocenters. The van der Waals surface area contributed by atoms with Crippen molar-refractivity contribution in [1.82, 2.24) is 19.5 Å². The van der Waals surface area contributed by atoms with Crippen LogP contribution in [0.3, 0.4) is 0 Å². The highest BCUT2D eigenvalue weighted by molar-refractivity contribution is 7.19. The molecule has 304 valence electrons. The molecule has 0 radical (unpaired) electrons. The molecule has 0 spiro atoms. The van der Waals surface area contributed by atoms with Crippen molar-refractivity contribution in [2.45, 2.75) is 13.8 Å². The second-order valence-electron chi connectivity index (χ2n) is 16.6. The molecule has 0 fully saturated rings. The van der Waals surface area contributed by atoms with Crippen LogP contribution in [0, 0.1) is 13.8 Å². The summed E-state index contributed by atoms with van der Waals surface area (Å²) in [6, 6.07) is 83.3. The third kappa shape index (κ3) is 6.83. The van der Waals surface area contributed by atoms with Crippen LogP contribution in [0.2, 0.25) is 0 Å². The molecule has 0 aliphatic rings. The van der Waals surface area contributed by atoms with Gasteiger partial charge in [0.25, 0.3) is 0 Å². The highest BCUT2D eigenvalue weighted by Gasteiger charge is 2.41. The van der Waals surface area contributed by atoms with E-state index in [4.69, 9.17) is 15.0 Å². The maximum absolute atomic E-state index is 5.25. The van der Waals surface area contributed by atoms with Crippen LogP contribution in [-0.4, -0.2) is 27.6 Å². The molecular formula is C59H44N4Si. The van der Waals surface area contributed by atoms with Crippen LogP contribution in [0.25, 0.3) is 72.8 Å². The standard InChI is InChI=1S/C59H44N4Si/c1-41-28-36-54-52(38-41)53-39-42(2)29-37-55(53)63(54)56-40-46(32-35-51(56)59-61-57(44-18-8-3-9-19-44)60-58(62-59)45-20-10-4-11-21-45)43-30-33-50(34-31-43)64(47-22-12-5-13-23-47,48-24-14-6-15-25-48)49-26-16-7-17-27-49/h3-40H,1-2H3. The van der Waals surface area contributed by atoms with Crippen molar-refractivity contribution >= 4 is 50.6 Å². The molecule has 2 heterocycles. The monoisotopic (exact) mass is 836 g/mol. The molecule has 11 aromatic rings. The van der Waals surface area contributed by atoms with E-state index in [1.54, 1.807) is 0 Å². The molecule has 64 heavy (non-hydrogen) atoms. The van der Waals surface area contributed by atoms with Crippen molar-refractivity contribution in [2.75, 3.05) is 0 Å². The van der Waals surface area contributed by atoms with E-state index in [9.17, 15) is 0 Å². The Bertz CT molecular complexity index is 3210. The molecule has 0 aliphatic heterocycles. The molecule has 0 amide bonds. The van der Waals surface area contributed by atoms with Gasteiger partial charge in [-0.25, -0.2) is 15.0 Å². The Morgan fingerprint density at radius 3 is 1.17 bits per heavy atom. The van der Waals surface area contributed by atoms with Crippen molar-refractivity contribution in [3.63, 3.8) is 0 Å². The summed E-state index contributed by atoms with van der Waals surface area (Å²) in [4.78, 5) is 15.6. The van der Waals surface area contributed by atoms with Crippen molar-refractivity contribution in [3.05, 3.63) is 242 Å². The smallest absolute Gasteiger partial charge is 0.179 e. The Balaban J connectivity index is 1.15. The molecule has 0 saturated carbocycles. The van der Waals surface area contributed by atoms with Crippen molar-refractivity contribution < 1.29 is 0 Å². The first-order valence-electron chi connectivity index (χ1n) is 21.9. The first kappa shape index (κ1) is 38.9. The van der Waals surface area contributed by atoms with Crippen LogP contribution < -0.4 is 20.7 Å². The SMILES string of the molecule is Cc1ccc2c(c1)c1cc(C)ccc1n2-c1cc(-c2ccc([Si](c3ccccc3)(c3ccccc3)c3ccccc3)cc2)ccc1-c1nc(-c2ccccc2)nc(-c2ccccc2)n1. The van der Waals surface area contributed by atoms with Crippen molar-refractivity contribution in [2.24, 2.45) is 0 Å². The molecule has 0 unspecified atom stereocenters. The summed E-state index contributed by atoms with van der Waals surface area (Å²) in [7, 11) is -2.70. The van der Waals surface area contributed by atoms with Crippen LogP contribution in [0.5, 0.6) is 0 Å². The number of aryl methyl sites for hydroxylation is 2. The molecule has 2 aromatic heterocycles. The molecule has 5 heteroatoms. The Morgan fingerprint density at radius 2 is 0.719 bits per heavy atom. The summed E-state index contributed by atoms with van der Waals surface area (Å²) >= 11 is 0. The zero-order chi connectivity index (χ0) is 43.0. The lowest BCUT2D eigenvalue weighted by Gasteiger charge is -2.34. The van der Waals surface area contributed by atoms with E-state index in [1.165, 1.54) is 42.6 Å². The Labute approximate surface area is 374 Å². The number of benzene rings is 9. The van der Waals surface area contributed by atoms with Crippen LogP contribution >= 0.6 is 0 Å². The van der Waals surface area contributed by atoms with E-state index < -0.39 is 8.07 Å². The minimum absolute atomic E-state index is 0.614. The maximum Gasteiger partial charge on any atom is 0.179 e. The van der Waals surface area contributed by atoms with E-state index in [2.05, 4.69) is 213 Å². The zero-order valence-electron chi connectivity index (χ0n) is 35.7. The van der Waals surface area contributed by atoms with Gasteiger partial charge in [0.2, 0.25) is 0 Å². The number of hydrogen-bond acceptors (Lipinski definition) is 3. The summed E-state index contributed by atoms with van der Waals surface area (Å²) in [5.41, 5.74) is 10.7. The fourth-order valence-electron chi connectivity index (χ4n) is 9.50. The van der Waals surface area contributed by atoms with Gasteiger partial charge in [0.05, 0.1) is 16.7 Å². The van der Waals surface area contributed by atoms with E-state index >= 15 is 0 Å². The van der Waals surface area contributed by atoms with Gasteiger partial charge in [-0.1, -0.05) is 205 Å². The van der Waals surface area contributed by atoms with E-state index in [1.807, 2.05) is 36.4 Å². The quantitative estimate of drug-likeness (QED) is 0.107. The first-order valence-corrected chi connectivity index (χ1v) is 23.9. The lowest BCUT2D eigenvalue weighted by Crippen LogP contribution is -2.74. The molecule has 0 bridgehead atoms. The molecule has 0 saturated heterocycles. The second kappa shape index (κ2) is 16.4. The Kier molecular flexibility index (Phi) is 9.95. The van der Waals surface area contributed by atoms with Crippen LogP contribution in [0.1, 0.15) is 11.1 Å². The molecule has 9 aromatic carbocycles. The minimum Gasteiger partial charge on any atom is -0.308 e. The molecule has 11 rings (SSSR count). The number of rotatable bonds is 9. The van der Waals surface area contributed by atoms with Gasteiger partial charge in [0, 0.05) is 27.5 Å². The largest absolute Gasteiger partial charge is 0.308 e. The van der Waals surface area contributed by atoms with Crippen LogP contribution in [0.4, 0.5) is 0 Å². The molecule has 0 aliphatic carbocycles. The molecule has 0 N–H and O–H groups in total. The van der Waals surface area contributed by atoms with Crippen LogP contribution in [0.15, 0.2) is 231 Å². The van der Waals surface area contributed by atoms with Gasteiger partial charge < -0.3 is 4.57 Å². The van der Waals surface area contributed by atoms with Gasteiger partial charge in [-0.05, 0) is 82.1 Å². The van der Waals surface area contributed by atoms with Gasteiger partial charge in [-0.2, -0.15) is 0 Å². The zero-order valence-corrected chi connectivity index (χ0v) is 36.7. The van der Waals surface area contributed by atoms with E-state index in [0.29, 0.717) is 17.5 Å². The van der Waals surface area contributed by atoms with Gasteiger partial charge in [0.15, 0.2) is 25.5 Å². The Morgan fingerprint density at radius 1 is 0.328 bits per heavy atom. The molecule has 4 nitrogen and oxygen atoms in total. The number of aromatic nitrogens is 4. The topological polar surface area (TPSA) is 43.6 Å². The lowest BCUT2D eigenvalue weighted by atomic mass is 10.0. The Hall–Kier alpha value is -7.99. The normalized spacial score (nSPS) is 11.6. The highest BCUT2D eigenvalue weighted by Crippen LogP contribution is 2.39. The second-order valence-corrected chi connectivity index (χ2v) is 20.4. The van der Waals surface area contributed by atoms with Gasteiger partial charge >= 0.3 is 0 Å². The third-order valence-electron chi connectivity index (χ3n) is 12.5. The van der Waals surface area contributed by atoms with E-state index in [0.717, 1.165) is 44.5 Å².